The van der Waals surface area contributed by atoms with Gasteiger partial charge in [-0.25, -0.2) is 0 Å². The zero-order chi connectivity index (χ0) is 7.28. The molecule has 4 heteroatoms. The topological polar surface area (TPSA) is 46.5 Å². The van der Waals surface area contributed by atoms with E-state index in [9.17, 15) is 4.79 Å². The van der Waals surface area contributed by atoms with Crippen LogP contribution in [0.5, 0.6) is 0 Å². The summed E-state index contributed by atoms with van der Waals surface area (Å²) in [5.74, 6) is -0.313. The highest BCUT2D eigenvalue weighted by Crippen LogP contribution is 1.88. The lowest BCUT2D eigenvalue weighted by Gasteiger charge is -2.04. The lowest BCUT2D eigenvalue weighted by Crippen LogP contribution is -2.18. The first kappa shape index (κ1) is 8.72. The number of esters is 1. The van der Waals surface area contributed by atoms with Gasteiger partial charge in [-0.2, -0.15) is 0 Å². The monoisotopic (exact) mass is 152 g/mol. The van der Waals surface area contributed by atoms with Crippen LogP contribution in [-0.2, 0) is 9.53 Å². The fourth-order valence-corrected chi connectivity index (χ4v) is 0.347. The average Bonchev–Trinajstić information content (AvgIpc) is 1.83. The Morgan fingerprint density at radius 2 is 2.44 bits per heavy atom. The molecule has 3 nitrogen and oxygen atoms in total. The molecule has 0 spiro atoms. The molecule has 0 aliphatic heterocycles. The van der Waals surface area contributed by atoms with Crippen LogP contribution in [0.1, 0.15) is 6.92 Å². The lowest BCUT2D eigenvalue weighted by atomic mass is 10.4. The summed E-state index contributed by atoms with van der Waals surface area (Å²) in [6, 6.07) is 0. The molecule has 0 saturated heterocycles. The van der Waals surface area contributed by atoms with Crippen LogP contribution in [0.3, 0.4) is 0 Å². The molecule has 9 heavy (non-hydrogen) atoms. The molecule has 0 fully saturated rings. The largest absolute Gasteiger partial charge is 0.463 e. The maximum atomic E-state index is 10.1. The number of alkyl halides is 1. The molecular weight excluding hydrogens is 144 g/mol. The van der Waals surface area contributed by atoms with Crippen molar-refractivity contribution in [2.75, 3.05) is 12.5 Å². The molecule has 0 bridgehead atoms. The van der Waals surface area contributed by atoms with E-state index < -0.39 is 12.1 Å². The number of halogens is 1. The van der Waals surface area contributed by atoms with Crippen LogP contribution in [-0.4, -0.2) is 29.7 Å². The summed E-state index contributed by atoms with van der Waals surface area (Å²) < 4.78 is 4.42. The van der Waals surface area contributed by atoms with Gasteiger partial charge in [0.25, 0.3) is 0 Å². The van der Waals surface area contributed by atoms with Crippen LogP contribution in [0, 0.1) is 0 Å². The first-order valence-corrected chi connectivity index (χ1v) is 3.07. The minimum Gasteiger partial charge on any atom is -0.463 e. The van der Waals surface area contributed by atoms with Crippen molar-refractivity contribution in [2.24, 2.45) is 0 Å². The Hall–Kier alpha value is -0.280. The van der Waals surface area contributed by atoms with Crippen molar-refractivity contribution in [3.05, 3.63) is 0 Å². The van der Waals surface area contributed by atoms with Crippen molar-refractivity contribution in [3.8, 4) is 0 Å². The molecule has 0 aromatic rings. The molecule has 54 valence electrons. The maximum Gasteiger partial charge on any atom is 0.302 e. The molecule has 0 unspecified atom stereocenters. The van der Waals surface area contributed by atoms with E-state index in [0.29, 0.717) is 0 Å². The Bertz CT molecular complexity index is 94.2. The van der Waals surface area contributed by atoms with E-state index in [2.05, 4.69) is 4.74 Å². The summed E-state index contributed by atoms with van der Waals surface area (Å²) in [6.45, 7) is 1.26. The third-order valence-electron chi connectivity index (χ3n) is 0.657. The summed E-state index contributed by atoms with van der Waals surface area (Å²) in [6.07, 6.45) is -0.740. The Morgan fingerprint density at radius 3 is 2.78 bits per heavy atom. The van der Waals surface area contributed by atoms with Gasteiger partial charge < -0.3 is 9.84 Å². The first-order valence-electron chi connectivity index (χ1n) is 2.54. The SMILES string of the molecule is CC(=O)OC[C@H](O)CCl. The molecule has 0 amide bonds. The van der Waals surface area contributed by atoms with Gasteiger partial charge >= 0.3 is 5.97 Å². The van der Waals surface area contributed by atoms with Crippen LogP contribution >= 0.6 is 11.6 Å². The van der Waals surface area contributed by atoms with Crippen LogP contribution < -0.4 is 0 Å². The summed E-state index contributed by atoms with van der Waals surface area (Å²) in [5.41, 5.74) is 0. The zero-order valence-electron chi connectivity index (χ0n) is 5.13. The van der Waals surface area contributed by atoms with Gasteiger partial charge in [0, 0.05) is 6.92 Å². The van der Waals surface area contributed by atoms with E-state index in [4.69, 9.17) is 16.7 Å². The second-order valence-corrected chi connectivity index (χ2v) is 1.92. The fourth-order valence-electron chi connectivity index (χ4n) is 0.258. The maximum absolute atomic E-state index is 10.1. The van der Waals surface area contributed by atoms with Crippen molar-refractivity contribution >= 4 is 17.6 Å². The third-order valence-corrected chi connectivity index (χ3v) is 1.01. The highest BCUT2D eigenvalue weighted by molar-refractivity contribution is 6.18. The number of carbonyl (C=O) groups excluding carboxylic acids is 1. The average molecular weight is 153 g/mol. The number of carbonyl (C=O) groups is 1. The van der Waals surface area contributed by atoms with E-state index in [-0.39, 0.29) is 12.5 Å². The van der Waals surface area contributed by atoms with Crippen molar-refractivity contribution in [1.82, 2.24) is 0 Å². The predicted octanol–water partition coefficient (Wildman–Crippen LogP) is 0.149. The van der Waals surface area contributed by atoms with Gasteiger partial charge in [0.05, 0.1) is 5.88 Å². The van der Waals surface area contributed by atoms with Crippen LogP contribution in [0.25, 0.3) is 0 Å². The number of ether oxygens (including phenoxy) is 1. The van der Waals surface area contributed by atoms with Gasteiger partial charge in [-0.1, -0.05) is 0 Å². The van der Waals surface area contributed by atoms with Gasteiger partial charge in [0.2, 0.25) is 0 Å². The standard InChI is InChI=1S/C5H9ClO3/c1-4(7)9-3-5(8)2-6/h5,8H,2-3H2,1H3/t5-/m1/s1. The molecule has 0 aromatic carbocycles. The summed E-state index contributed by atoms with van der Waals surface area (Å²) in [5, 5.41) is 8.70. The number of hydrogen-bond donors (Lipinski definition) is 1. The molecule has 0 aromatic heterocycles. The minimum absolute atomic E-state index is 0.0150. The Kier molecular flexibility index (Phi) is 4.44. The van der Waals surface area contributed by atoms with Crippen molar-refractivity contribution in [2.45, 2.75) is 13.0 Å². The lowest BCUT2D eigenvalue weighted by molar-refractivity contribution is -0.143. The molecule has 0 aliphatic carbocycles. The van der Waals surface area contributed by atoms with Gasteiger partial charge in [-0.05, 0) is 0 Å². The molecular formula is C5H9ClO3. The molecule has 0 saturated carbocycles. The molecule has 0 heterocycles. The zero-order valence-corrected chi connectivity index (χ0v) is 5.89. The van der Waals surface area contributed by atoms with Gasteiger partial charge in [-0.15, -0.1) is 11.6 Å². The Balaban J connectivity index is 3.16. The number of aliphatic hydroxyl groups excluding tert-OH is 1. The van der Waals surface area contributed by atoms with E-state index in [1.54, 1.807) is 0 Å². The number of aliphatic hydroxyl groups is 1. The number of hydrogen-bond acceptors (Lipinski definition) is 3. The molecule has 1 atom stereocenters. The first-order chi connectivity index (χ1) is 4.16. The van der Waals surface area contributed by atoms with Crippen molar-refractivity contribution in [1.29, 1.82) is 0 Å². The summed E-state index contributed by atoms with van der Waals surface area (Å²) in [7, 11) is 0. The second-order valence-electron chi connectivity index (χ2n) is 1.61. The quantitative estimate of drug-likeness (QED) is 0.463. The summed E-state index contributed by atoms with van der Waals surface area (Å²) >= 11 is 5.19. The van der Waals surface area contributed by atoms with Crippen LogP contribution in [0.4, 0.5) is 0 Å². The molecule has 0 rings (SSSR count). The van der Waals surface area contributed by atoms with E-state index in [1.165, 1.54) is 6.92 Å². The highest BCUT2D eigenvalue weighted by atomic mass is 35.5. The number of rotatable bonds is 3. The summed E-state index contributed by atoms with van der Waals surface area (Å²) in [4.78, 5) is 10.1. The van der Waals surface area contributed by atoms with Gasteiger partial charge in [0.1, 0.15) is 12.7 Å². The van der Waals surface area contributed by atoms with Crippen LogP contribution in [0.15, 0.2) is 0 Å². The second kappa shape index (κ2) is 4.58. The molecule has 0 radical (unpaired) electrons. The Labute approximate surface area is 58.6 Å². The van der Waals surface area contributed by atoms with E-state index in [0.717, 1.165) is 0 Å². The van der Waals surface area contributed by atoms with Crippen molar-refractivity contribution < 1.29 is 14.6 Å². The predicted molar refractivity (Wildman–Crippen MR) is 33.4 cm³/mol. The smallest absolute Gasteiger partial charge is 0.302 e. The third kappa shape index (κ3) is 5.59. The van der Waals surface area contributed by atoms with E-state index in [1.807, 2.05) is 0 Å². The fraction of sp³-hybridized carbons (Fsp3) is 0.800. The van der Waals surface area contributed by atoms with Gasteiger partial charge in [-0.3, -0.25) is 4.79 Å². The Morgan fingerprint density at radius 1 is 1.89 bits per heavy atom. The molecule has 1 N–H and O–H groups in total. The van der Waals surface area contributed by atoms with E-state index >= 15 is 0 Å². The minimum atomic E-state index is -0.740. The normalized spacial score (nSPS) is 12.8. The van der Waals surface area contributed by atoms with Crippen molar-refractivity contribution in [3.63, 3.8) is 0 Å². The molecule has 0 aliphatic rings. The van der Waals surface area contributed by atoms with Crippen LogP contribution in [0.2, 0.25) is 0 Å². The highest BCUT2D eigenvalue weighted by Gasteiger charge is 2.02. The van der Waals surface area contributed by atoms with Gasteiger partial charge in [0.15, 0.2) is 0 Å².